The van der Waals surface area contributed by atoms with E-state index in [-0.39, 0.29) is 35.4 Å². The second kappa shape index (κ2) is 6.07. The van der Waals surface area contributed by atoms with Gasteiger partial charge in [-0.1, -0.05) is 6.07 Å². The molecule has 4 nitrogen and oxygen atoms in total. The zero-order valence-electron chi connectivity index (χ0n) is 9.74. The summed E-state index contributed by atoms with van der Waals surface area (Å²) in [6.07, 6.45) is -2.74. The van der Waals surface area contributed by atoms with Gasteiger partial charge in [-0.15, -0.1) is 0 Å². The van der Waals surface area contributed by atoms with E-state index >= 15 is 0 Å². The van der Waals surface area contributed by atoms with Gasteiger partial charge in [0.25, 0.3) is 6.43 Å². The van der Waals surface area contributed by atoms with E-state index < -0.39 is 12.4 Å². The number of nitrogens with zero attached hydrogens (tertiary/aromatic N) is 1. The van der Waals surface area contributed by atoms with Crippen LogP contribution in [0.5, 0.6) is 0 Å². The lowest BCUT2D eigenvalue weighted by Crippen LogP contribution is -2.12. The van der Waals surface area contributed by atoms with Gasteiger partial charge in [0.2, 0.25) is 0 Å². The van der Waals surface area contributed by atoms with Crippen molar-refractivity contribution in [3.8, 4) is 6.07 Å². The van der Waals surface area contributed by atoms with Gasteiger partial charge in [-0.2, -0.15) is 5.26 Å². The highest BCUT2D eigenvalue weighted by Crippen LogP contribution is 2.27. The number of carbonyl (C=O) groups excluding carboxylic acids is 1. The number of alkyl halides is 2. The second-order valence-corrected chi connectivity index (χ2v) is 3.39. The van der Waals surface area contributed by atoms with E-state index in [4.69, 9.17) is 15.7 Å². The van der Waals surface area contributed by atoms with Gasteiger partial charge in [-0.25, -0.2) is 13.6 Å². The van der Waals surface area contributed by atoms with Crippen LogP contribution in [0, 0.1) is 11.3 Å². The average Bonchev–Trinajstić information content (AvgIpc) is 2.36. The van der Waals surface area contributed by atoms with Crippen molar-refractivity contribution in [1.82, 2.24) is 0 Å². The zero-order chi connectivity index (χ0) is 13.7. The Labute approximate surface area is 103 Å². The summed E-state index contributed by atoms with van der Waals surface area (Å²) in [5.41, 5.74) is 4.84. The minimum absolute atomic E-state index is 0.0157. The normalized spacial score (nSPS) is 10.2. The van der Waals surface area contributed by atoms with E-state index in [0.29, 0.717) is 0 Å². The maximum atomic E-state index is 12.7. The van der Waals surface area contributed by atoms with Crippen LogP contribution in [0.25, 0.3) is 0 Å². The Morgan fingerprint density at radius 2 is 2.22 bits per heavy atom. The van der Waals surface area contributed by atoms with Gasteiger partial charge < -0.3 is 10.5 Å². The molecule has 6 heteroatoms. The first kappa shape index (κ1) is 14.1. The molecule has 2 N–H and O–H groups in total. The molecule has 0 bridgehead atoms. The highest BCUT2D eigenvalue weighted by atomic mass is 19.3. The number of esters is 1. The highest BCUT2D eigenvalue weighted by molar-refractivity contribution is 5.93. The van der Waals surface area contributed by atoms with Crippen LogP contribution in [0.3, 0.4) is 0 Å². The largest absolute Gasteiger partial charge is 0.462 e. The molecule has 0 atom stereocenters. The van der Waals surface area contributed by atoms with Crippen molar-refractivity contribution in [2.24, 2.45) is 5.73 Å². The van der Waals surface area contributed by atoms with Gasteiger partial charge >= 0.3 is 5.97 Å². The maximum Gasteiger partial charge on any atom is 0.339 e. The number of hydrogen-bond donors (Lipinski definition) is 1. The zero-order valence-corrected chi connectivity index (χ0v) is 9.74. The number of carbonyl (C=O) groups is 1. The van der Waals surface area contributed by atoms with Gasteiger partial charge in [0.15, 0.2) is 0 Å². The fourth-order valence-electron chi connectivity index (χ4n) is 1.59. The van der Waals surface area contributed by atoms with Crippen LogP contribution in [0.4, 0.5) is 8.78 Å². The second-order valence-electron chi connectivity index (χ2n) is 3.39. The molecule has 18 heavy (non-hydrogen) atoms. The van der Waals surface area contributed by atoms with Gasteiger partial charge in [-0.3, -0.25) is 0 Å². The first-order valence-corrected chi connectivity index (χ1v) is 5.28. The quantitative estimate of drug-likeness (QED) is 0.835. The van der Waals surface area contributed by atoms with Gasteiger partial charge in [0.1, 0.15) is 6.07 Å². The number of ether oxygens (including phenoxy) is 1. The van der Waals surface area contributed by atoms with E-state index in [1.807, 2.05) is 0 Å². The summed E-state index contributed by atoms with van der Waals surface area (Å²) >= 11 is 0. The van der Waals surface area contributed by atoms with Crippen LogP contribution in [0.1, 0.15) is 40.4 Å². The smallest absolute Gasteiger partial charge is 0.339 e. The molecular formula is C12H12F2N2O2. The Balaban J connectivity index is 3.40. The molecule has 0 spiro atoms. The topological polar surface area (TPSA) is 76.1 Å². The molecule has 0 fully saturated rings. The molecule has 0 saturated heterocycles. The molecule has 0 radical (unpaired) electrons. The van der Waals surface area contributed by atoms with Crippen LogP contribution >= 0.6 is 0 Å². The van der Waals surface area contributed by atoms with Crippen LogP contribution in [-0.4, -0.2) is 12.6 Å². The summed E-state index contributed by atoms with van der Waals surface area (Å²) in [5, 5.41) is 9.00. The van der Waals surface area contributed by atoms with Crippen LogP contribution in [-0.2, 0) is 11.3 Å². The van der Waals surface area contributed by atoms with Crippen LogP contribution in [0.15, 0.2) is 12.1 Å². The molecule has 0 aliphatic heterocycles. The Bertz CT molecular complexity index is 496. The van der Waals surface area contributed by atoms with Crippen molar-refractivity contribution in [2.45, 2.75) is 19.9 Å². The number of nitrogens with two attached hydrogens (primary N) is 1. The third-order valence-corrected chi connectivity index (χ3v) is 2.40. The first-order valence-electron chi connectivity index (χ1n) is 5.28. The molecule has 1 aromatic carbocycles. The Morgan fingerprint density at radius 3 is 2.67 bits per heavy atom. The minimum Gasteiger partial charge on any atom is -0.462 e. The van der Waals surface area contributed by atoms with E-state index in [9.17, 15) is 13.6 Å². The molecule has 0 amide bonds. The molecule has 0 aliphatic rings. The lowest BCUT2D eigenvalue weighted by atomic mass is 9.96. The van der Waals surface area contributed by atoms with Crippen molar-refractivity contribution in [3.05, 3.63) is 34.4 Å². The van der Waals surface area contributed by atoms with Crippen molar-refractivity contribution in [2.75, 3.05) is 6.61 Å². The standard InChI is InChI=1S/C12H12F2N2O2/c1-2-18-12(17)8-4-3-7(11(13)14)9(5-15)10(8)6-16/h3-4,11H,2,5,15H2,1H3. The SMILES string of the molecule is CCOC(=O)c1ccc(C(F)F)c(CN)c1C#N. The number of halogens is 2. The predicted molar refractivity (Wildman–Crippen MR) is 60.0 cm³/mol. The van der Waals surface area contributed by atoms with Gasteiger partial charge in [-0.05, 0) is 18.6 Å². The van der Waals surface area contributed by atoms with Gasteiger partial charge in [0, 0.05) is 12.1 Å². The first-order chi connectivity index (χ1) is 8.56. The predicted octanol–water partition coefficient (Wildman–Crippen LogP) is 2.13. The fourth-order valence-corrected chi connectivity index (χ4v) is 1.59. The molecule has 1 aromatic rings. The molecule has 0 aromatic heterocycles. The number of nitriles is 1. The van der Waals surface area contributed by atoms with Crippen molar-refractivity contribution in [3.63, 3.8) is 0 Å². The van der Waals surface area contributed by atoms with Crippen molar-refractivity contribution < 1.29 is 18.3 Å². The monoisotopic (exact) mass is 254 g/mol. The summed E-state index contributed by atoms with van der Waals surface area (Å²) in [7, 11) is 0. The Hall–Kier alpha value is -2.00. The maximum absolute atomic E-state index is 12.7. The minimum atomic E-state index is -2.74. The lowest BCUT2D eigenvalue weighted by molar-refractivity contribution is 0.0525. The molecule has 1 rings (SSSR count). The molecule has 0 unspecified atom stereocenters. The van der Waals surface area contributed by atoms with E-state index in [1.54, 1.807) is 13.0 Å². The fraction of sp³-hybridized carbons (Fsp3) is 0.333. The van der Waals surface area contributed by atoms with E-state index in [2.05, 4.69) is 0 Å². The molecular weight excluding hydrogens is 242 g/mol. The average molecular weight is 254 g/mol. The van der Waals surface area contributed by atoms with Crippen molar-refractivity contribution in [1.29, 1.82) is 5.26 Å². The molecule has 0 saturated carbocycles. The lowest BCUT2D eigenvalue weighted by Gasteiger charge is -2.12. The summed E-state index contributed by atoms with van der Waals surface area (Å²) in [6, 6.07) is 4.00. The Kier molecular flexibility index (Phi) is 4.75. The summed E-state index contributed by atoms with van der Waals surface area (Å²) in [6.45, 7) is 1.51. The third kappa shape index (κ3) is 2.63. The third-order valence-electron chi connectivity index (χ3n) is 2.40. The van der Waals surface area contributed by atoms with Gasteiger partial charge in [0.05, 0.1) is 17.7 Å². The highest BCUT2D eigenvalue weighted by Gasteiger charge is 2.21. The number of benzene rings is 1. The van der Waals surface area contributed by atoms with Crippen LogP contribution in [0.2, 0.25) is 0 Å². The Morgan fingerprint density at radius 1 is 1.56 bits per heavy atom. The number of hydrogen-bond acceptors (Lipinski definition) is 4. The van der Waals surface area contributed by atoms with E-state index in [0.717, 1.165) is 12.1 Å². The summed E-state index contributed by atoms with van der Waals surface area (Å²) in [5.74, 6) is -0.718. The van der Waals surface area contributed by atoms with Crippen LogP contribution < -0.4 is 5.73 Å². The number of rotatable bonds is 4. The molecule has 0 heterocycles. The van der Waals surface area contributed by atoms with E-state index in [1.165, 1.54) is 0 Å². The summed E-state index contributed by atoms with van der Waals surface area (Å²) in [4.78, 5) is 11.6. The van der Waals surface area contributed by atoms with Crippen molar-refractivity contribution >= 4 is 5.97 Å². The summed E-state index contributed by atoms with van der Waals surface area (Å²) < 4.78 is 30.2. The molecule has 0 aliphatic carbocycles. The molecule has 96 valence electrons.